The minimum atomic E-state index is -0.528. The first-order chi connectivity index (χ1) is 14.7. The number of hydrogen-bond acceptors (Lipinski definition) is 4. The lowest BCUT2D eigenvalue weighted by molar-refractivity contribution is 0.0252. The molecule has 2 aromatic rings. The van der Waals surface area contributed by atoms with Crippen LogP contribution in [0.2, 0.25) is 0 Å². The smallest absolute Gasteiger partial charge is 0.410 e. The molecule has 1 heterocycles. The first kappa shape index (κ1) is 23.1. The quantitative estimate of drug-likeness (QED) is 0.525. The van der Waals surface area contributed by atoms with Gasteiger partial charge < -0.3 is 19.3 Å². The lowest BCUT2D eigenvalue weighted by Crippen LogP contribution is -2.40. The summed E-state index contributed by atoms with van der Waals surface area (Å²) in [6.07, 6.45) is 3.05. The fourth-order valence-corrected chi connectivity index (χ4v) is 4.03. The number of benzene rings is 2. The molecular weight excluding hydrogens is 388 g/mol. The summed E-state index contributed by atoms with van der Waals surface area (Å²) in [5.41, 5.74) is 0.318. The number of fused-ring (bicyclic) bond motifs is 1. The number of hydrogen-bond donors (Lipinski definition) is 0. The van der Waals surface area contributed by atoms with Crippen LogP contribution >= 0.6 is 0 Å². The Morgan fingerprint density at radius 1 is 1.19 bits per heavy atom. The molecule has 0 aromatic heterocycles. The predicted molar refractivity (Wildman–Crippen MR) is 127 cm³/mol. The maximum atomic E-state index is 12.8. The van der Waals surface area contributed by atoms with Gasteiger partial charge in [-0.15, -0.1) is 0 Å². The van der Waals surface area contributed by atoms with Gasteiger partial charge in [-0.05, 0) is 70.7 Å². The number of ether oxygens (including phenoxy) is 2. The summed E-state index contributed by atoms with van der Waals surface area (Å²) in [4.78, 5) is 17.0. The van der Waals surface area contributed by atoms with Crippen molar-refractivity contribution < 1.29 is 14.3 Å². The van der Waals surface area contributed by atoms with Crippen LogP contribution in [-0.4, -0.2) is 60.8 Å². The predicted octanol–water partition coefficient (Wildman–Crippen LogP) is 5.50. The Morgan fingerprint density at radius 3 is 2.65 bits per heavy atom. The Labute approximate surface area is 186 Å². The van der Waals surface area contributed by atoms with E-state index in [1.165, 1.54) is 12.8 Å². The number of carbonyl (C=O) groups excluding carboxylic acids is 1. The van der Waals surface area contributed by atoms with Crippen molar-refractivity contribution in [3.63, 3.8) is 0 Å². The maximum absolute atomic E-state index is 12.8. The van der Waals surface area contributed by atoms with E-state index in [1.54, 1.807) is 4.90 Å². The second-order valence-electron chi connectivity index (χ2n) is 9.48. The van der Waals surface area contributed by atoms with E-state index in [0.717, 1.165) is 35.1 Å². The molecule has 5 heteroatoms. The molecule has 0 spiro atoms. The van der Waals surface area contributed by atoms with Gasteiger partial charge in [-0.25, -0.2) is 4.79 Å². The van der Waals surface area contributed by atoms with Gasteiger partial charge in [-0.2, -0.15) is 0 Å². The van der Waals surface area contributed by atoms with E-state index in [2.05, 4.69) is 36.7 Å². The molecule has 5 nitrogen and oxygen atoms in total. The molecular formula is C26H36N2O3. The molecule has 0 radical (unpaired) electrons. The van der Waals surface area contributed by atoms with Gasteiger partial charge in [0, 0.05) is 24.5 Å². The molecule has 168 valence electrons. The fourth-order valence-electron chi connectivity index (χ4n) is 4.03. The van der Waals surface area contributed by atoms with E-state index in [1.807, 2.05) is 45.0 Å². The largest absolute Gasteiger partial charge is 0.489 e. The summed E-state index contributed by atoms with van der Waals surface area (Å²) in [6, 6.07) is 14.7. The first-order valence-corrected chi connectivity index (χ1v) is 11.2. The summed E-state index contributed by atoms with van der Waals surface area (Å²) in [5, 5.41) is 2.22. The Hall–Kier alpha value is -2.53. The second-order valence-corrected chi connectivity index (χ2v) is 9.48. The summed E-state index contributed by atoms with van der Waals surface area (Å²) in [7, 11) is 2.16. The minimum absolute atomic E-state index is 0.292. The third-order valence-electron chi connectivity index (χ3n) is 5.65. The van der Waals surface area contributed by atoms with Crippen molar-refractivity contribution in [1.29, 1.82) is 0 Å². The average molecular weight is 425 g/mol. The van der Waals surface area contributed by atoms with Crippen LogP contribution < -0.4 is 4.74 Å². The van der Waals surface area contributed by atoms with Gasteiger partial charge in [0.25, 0.3) is 0 Å². The van der Waals surface area contributed by atoms with Crippen LogP contribution in [0, 0.1) is 0 Å². The lowest BCUT2D eigenvalue weighted by Gasteiger charge is -2.29. The number of nitrogens with zero attached hydrogens (tertiary/aromatic N) is 2. The van der Waals surface area contributed by atoms with Gasteiger partial charge in [-0.3, -0.25) is 0 Å². The number of likely N-dealkylation sites (tertiary alicyclic amines) is 1. The van der Waals surface area contributed by atoms with Gasteiger partial charge >= 0.3 is 6.09 Å². The van der Waals surface area contributed by atoms with Gasteiger partial charge in [0.1, 0.15) is 18.0 Å². The van der Waals surface area contributed by atoms with E-state index in [9.17, 15) is 4.79 Å². The van der Waals surface area contributed by atoms with E-state index in [-0.39, 0.29) is 6.09 Å². The molecule has 0 aliphatic carbocycles. The molecule has 1 atom stereocenters. The average Bonchev–Trinajstić information content (AvgIpc) is 3.13. The summed E-state index contributed by atoms with van der Waals surface area (Å²) in [5.74, 6) is 0.829. The Balaban J connectivity index is 1.61. The molecule has 3 rings (SSSR count). The fraction of sp³-hybridized carbons (Fsp3) is 0.500. The zero-order valence-electron chi connectivity index (χ0n) is 19.4. The van der Waals surface area contributed by atoms with Crippen LogP contribution in [0.3, 0.4) is 0 Å². The molecule has 31 heavy (non-hydrogen) atoms. The number of amides is 1. The first-order valence-electron chi connectivity index (χ1n) is 11.2. The molecule has 2 aromatic carbocycles. The highest BCUT2D eigenvalue weighted by Gasteiger charge is 2.26. The maximum Gasteiger partial charge on any atom is 0.410 e. The van der Waals surface area contributed by atoms with Crippen LogP contribution in [0.25, 0.3) is 10.8 Å². The normalized spacial score (nSPS) is 17.0. The zero-order valence-corrected chi connectivity index (χ0v) is 19.4. The molecule has 1 unspecified atom stereocenters. The molecule has 0 N–H and O–H groups in total. The summed E-state index contributed by atoms with van der Waals surface area (Å²) >= 11 is 0. The van der Waals surface area contributed by atoms with Crippen molar-refractivity contribution in [2.45, 2.75) is 51.7 Å². The van der Waals surface area contributed by atoms with Gasteiger partial charge in [-0.1, -0.05) is 43.0 Å². The van der Waals surface area contributed by atoms with Crippen molar-refractivity contribution in [3.8, 4) is 5.75 Å². The lowest BCUT2D eigenvalue weighted by atomic mass is 10.1. The second kappa shape index (κ2) is 10.2. The van der Waals surface area contributed by atoms with Crippen molar-refractivity contribution >= 4 is 16.9 Å². The van der Waals surface area contributed by atoms with Crippen LogP contribution in [0.1, 0.15) is 40.0 Å². The van der Waals surface area contributed by atoms with Crippen molar-refractivity contribution in [2.24, 2.45) is 0 Å². The van der Waals surface area contributed by atoms with Gasteiger partial charge in [0.05, 0.1) is 0 Å². The van der Waals surface area contributed by atoms with Crippen molar-refractivity contribution in [1.82, 2.24) is 9.80 Å². The van der Waals surface area contributed by atoms with Crippen LogP contribution in [0.4, 0.5) is 4.79 Å². The van der Waals surface area contributed by atoms with Crippen molar-refractivity contribution in [3.05, 3.63) is 54.6 Å². The molecule has 1 amide bonds. The summed E-state index contributed by atoms with van der Waals surface area (Å²) < 4.78 is 11.7. The molecule has 0 saturated carbocycles. The number of rotatable bonds is 8. The molecule has 0 bridgehead atoms. The Morgan fingerprint density at radius 2 is 1.94 bits per heavy atom. The monoisotopic (exact) mass is 424 g/mol. The third kappa shape index (κ3) is 6.73. The Bertz CT molecular complexity index is 898. The highest BCUT2D eigenvalue weighted by molar-refractivity contribution is 5.88. The van der Waals surface area contributed by atoms with E-state index in [4.69, 9.17) is 9.47 Å². The highest BCUT2D eigenvalue weighted by Crippen LogP contribution is 2.25. The summed E-state index contributed by atoms with van der Waals surface area (Å²) in [6.45, 7) is 12.4. The van der Waals surface area contributed by atoms with E-state index < -0.39 is 5.60 Å². The SMILES string of the molecule is C=C(COc1cccc2ccccc12)CN(CCC1CCCN1C)C(=O)OC(C)(C)C. The highest BCUT2D eigenvalue weighted by atomic mass is 16.6. The molecule has 1 aliphatic rings. The third-order valence-corrected chi connectivity index (χ3v) is 5.65. The minimum Gasteiger partial charge on any atom is -0.489 e. The standard InChI is InChI=1S/C26H36N2O3/c1-20(19-30-24-14-8-11-21-10-6-7-13-23(21)24)18-28(25(29)31-26(2,3)4)17-15-22-12-9-16-27(22)5/h6-8,10-11,13-14,22H,1,9,12,15-19H2,2-5H3. The van der Waals surface area contributed by atoms with E-state index in [0.29, 0.717) is 25.7 Å². The molecule has 1 fully saturated rings. The molecule has 1 saturated heterocycles. The van der Waals surface area contributed by atoms with E-state index >= 15 is 0 Å². The Kier molecular flexibility index (Phi) is 7.60. The van der Waals surface area contributed by atoms with Crippen molar-refractivity contribution in [2.75, 3.05) is 33.3 Å². The van der Waals surface area contributed by atoms with Crippen LogP contribution in [0.5, 0.6) is 5.75 Å². The molecule has 1 aliphatic heterocycles. The van der Waals surface area contributed by atoms with Gasteiger partial charge in [0.15, 0.2) is 0 Å². The number of carbonyl (C=O) groups is 1. The van der Waals surface area contributed by atoms with Crippen LogP contribution in [-0.2, 0) is 4.74 Å². The topological polar surface area (TPSA) is 42.0 Å². The van der Waals surface area contributed by atoms with Gasteiger partial charge in [0.2, 0.25) is 0 Å². The zero-order chi connectivity index (χ0) is 22.4. The van der Waals surface area contributed by atoms with Crippen LogP contribution in [0.15, 0.2) is 54.6 Å².